The lowest BCUT2D eigenvalue weighted by Gasteiger charge is -2.22. The van der Waals surface area contributed by atoms with E-state index in [1.165, 1.54) is 6.07 Å². The van der Waals surface area contributed by atoms with Crippen molar-refractivity contribution in [1.29, 1.82) is 5.26 Å². The minimum Gasteiger partial charge on any atom is -0.381 e. The van der Waals surface area contributed by atoms with E-state index in [2.05, 4.69) is 26.1 Å². The number of anilines is 1. The molecule has 2 nitrogen and oxygen atoms in total. The van der Waals surface area contributed by atoms with E-state index < -0.39 is 5.82 Å². The van der Waals surface area contributed by atoms with Crippen molar-refractivity contribution in [1.82, 2.24) is 0 Å². The lowest BCUT2D eigenvalue weighted by atomic mass is 10.0. The summed E-state index contributed by atoms with van der Waals surface area (Å²) in [5.74, 6) is -0.0223. The van der Waals surface area contributed by atoms with Gasteiger partial charge in [-0.25, -0.2) is 4.39 Å². The Bertz CT molecular complexity index is 393. The molecule has 1 aromatic rings. The Morgan fingerprint density at radius 1 is 1.44 bits per heavy atom. The molecule has 0 spiro atoms. The third kappa shape index (κ3) is 2.73. The minimum absolute atomic E-state index is 0.0987. The molecule has 0 fully saturated rings. The second-order valence-electron chi connectivity index (χ2n) is 4.18. The molecule has 0 aromatic heterocycles. The Morgan fingerprint density at radius 3 is 2.62 bits per heavy atom. The zero-order valence-electron chi connectivity index (χ0n) is 9.92. The first-order valence-corrected chi connectivity index (χ1v) is 5.55. The Labute approximate surface area is 96.1 Å². The molecule has 0 aliphatic rings. The summed E-state index contributed by atoms with van der Waals surface area (Å²) in [6, 6.07) is 6.82. The Morgan fingerprint density at radius 2 is 2.12 bits per heavy atom. The van der Waals surface area contributed by atoms with Crippen molar-refractivity contribution in [3.63, 3.8) is 0 Å². The molecule has 0 bridgehead atoms. The number of nitrogens with zero attached hydrogens (tertiary/aromatic N) is 1. The first kappa shape index (κ1) is 12.5. The van der Waals surface area contributed by atoms with Crippen molar-refractivity contribution >= 4 is 5.69 Å². The summed E-state index contributed by atoms with van der Waals surface area (Å²) in [7, 11) is 0. The fourth-order valence-corrected chi connectivity index (χ4v) is 1.70. The van der Waals surface area contributed by atoms with Gasteiger partial charge in [0.25, 0.3) is 0 Å². The highest BCUT2D eigenvalue weighted by Crippen LogP contribution is 2.21. The predicted octanol–water partition coefficient (Wildman–Crippen LogP) is 3.54. The maximum atomic E-state index is 13.3. The van der Waals surface area contributed by atoms with Gasteiger partial charge < -0.3 is 5.32 Å². The average molecular weight is 220 g/mol. The van der Waals surface area contributed by atoms with Gasteiger partial charge in [-0.15, -0.1) is 0 Å². The smallest absolute Gasteiger partial charge is 0.143 e. The second kappa shape index (κ2) is 5.50. The van der Waals surface area contributed by atoms with Crippen molar-refractivity contribution in [3.05, 3.63) is 29.6 Å². The van der Waals surface area contributed by atoms with E-state index in [0.717, 1.165) is 6.42 Å². The van der Waals surface area contributed by atoms with Gasteiger partial charge in [0.05, 0.1) is 5.69 Å². The van der Waals surface area contributed by atoms with Gasteiger partial charge in [-0.1, -0.05) is 26.8 Å². The molecule has 0 saturated heterocycles. The van der Waals surface area contributed by atoms with Gasteiger partial charge in [0.15, 0.2) is 0 Å². The van der Waals surface area contributed by atoms with E-state index in [1.807, 2.05) is 6.07 Å². The number of hydrogen-bond acceptors (Lipinski definition) is 2. The standard InChI is InChI=1S/C13H17FN2/c1-4-12(9(2)3)16-13-7-5-6-11(14)10(13)8-15/h5-7,9,12,16H,4H2,1-3H3. The Hall–Kier alpha value is -1.56. The molecule has 16 heavy (non-hydrogen) atoms. The van der Waals surface area contributed by atoms with Crippen LogP contribution in [-0.4, -0.2) is 6.04 Å². The zero-order valence-corrected chi connectivity index (χ0v) is 9.92. The molecule has 1 unspecified atom stereocenters. The van der Waals surface area contributed by atoms with E-state index in [1.54, 1.807) is 12.1 Å². The summed E-state index contributed by atoms with van der Waals surface area (Å²) in [5.41, 5.74) is 0.685. The van der Waals surface area contributed by atoms with Gasteiger partial charge in [-0.05, 0) is 24.5 Å². The second-order valence-corrected chi connectivity index (χ2v) is 4.18. The molecule has 0 aliphatic heterocycles. The summed E-state index contributed by atoms with van der Waals surface area (Å²) in [5, 5.41) is 12.1. The van der Waals surface area contributed by atoms with Gasteiger partial charge in [0.2, 0.25) is 0 Å². The Balaban J connectivity index is 2.97. The molecule has 0 heterocycles. The maximum absolute atomic E-state index is 13.3. The van der Waals surface area contributed by atoms with Crippen LogP contribution in [0.4, 0.5) is 10.1 Å². The van der Waals surface area contributed by atoms with Crippen LogP contribution in [-0.2, 0) is 0 Å². The fraction of sp³-hybridized carbons (Fsp3) is 0.462. The monoisotopic (exact) mass is 220 g/mol. The molecule has 0 radical (unpaired) electrons. The van der Waals surface area contributed by atoms with Gasteiger partial charge in [-0.3, -0.25) is 0 Å². The maximum Gasteiger partial charge on any atom is 0.143 e. The van der Waals surface area contributed by atoms with Crippen LogP contribution in [0.1, 0.15) is 32.8 Å². The highest BCUT2D eigenvalue weighted by atomic mass is 19.1. The summed E-state index contributed by atoms with van der Waals surface area (Å²) >= 11 is 0. The van der Waals surface area contributed by atoms with E-state index in [0.29, 0.717) is 11.6 Å². The highest BCUT2D eigenvalue weighted by Gasteiger charge is 2.14. The molecule has 0 amide bonds. The number of halogens is 1. The van der Waals surface area contributed by atoms with Crippen LogP contribution in [0.2, 0.25) is 0 Å². The largest absolute Gasteiger partial charge is 0.381 e. The van der Waals surface area contributed by atoms with Gasteiger partial charge in [0, 0.05) is 6.04 Å². The highest BCUT2D eigenvalue weighted by molar-refractivity contribution is 5.58. The Kier molecular flexibility index (Phi) is 4.30. The third-order valence-electron chi connectivity index (χ3n) is 2.71. The number of rotatable bonds is 4. The van der Waals surface area contributed by atoms with E-state index in [9.17, 15) is 4.39 Å². The molecule has 1 rings (SSSR count). The van der Waals surface area contributed by atoms with Crippen molar-refractivity contribution in [2.24, 2.45) is 5.92 Å². The van der Waals surface area contributed by atoms with Crippen LogP contribution >= 0.6 is 0 Å². The molecular formula is C13H17FN2. The first-order valence-electron chi connectivity index (χ1n) is 5.55. The molecule has 1 N–H and O–H groups in total. The van der Waals surface area contributed by atoms with Crippen LogP contribution in [0.15, 0.2) is 18.2 Å². The number of nitriles is 1. The summed E-state index contributed by atoms with van der Waals surface area (Å²) in [4.78, 5) is 0. The molecule has 0 saturated carbocycles. The van der Waals surface area contributed by atoms with Gasteiger partial charge in [-0.2, -0.15) is 5.26 Å². The fourth-order valence-electron chi connectivity index (χ4n) is 1.70. The van der Waals surface area contributed by atoms with Crippen molar-refractivity contribution in [3.8, 4) is 6.07 Å². The quantitative estimate of drug-likeness (QED) is 0.842. The van der Waals surface area contributed by atoms with Gasteiger partial charge in [0.1, 0.15) is 17.4 Å². The lowest BCUT2D eigenvalue weighted by Crippen LogP contribution is -2.25. The van der Waals surface area contributed by atoms with Crippen molar-refractivity contribution in [2.75, 3.05) is 5.32 Å². The number of hydrogen-bond donors (Lipinski definition) is 1. The van der Waals surface area contributed by atoms with Crippen LogP contribution in [0.3, 0.4) is 0 Å². The van der Waals surface area contributed by atoms with Crippen LogP contribution in [0, 0.1) is 23.1 Å². The van der Waals surface area contributed by atoms with Crippen molar-refractivity contribution < 1.29 is 4.39 Å². The zero-order chi connectivity index (χ0) is 12.1. The molecule has 1 atom stereocenters. The topological polar surface area (TPSA) is 35.8 Å². The van der Waals surface area contributed by atoms with Crippen LogP contribution in [0.25, 0.3) is 0 Å². The first-order chi connectivity index (χ1) is 7.60. The average Bonchev–Trinajstić information content (AvgIpc) is 2.25. The number of nitrogens with one attached hydrogen (secondary N) is 1. The van der Waals surface area contributed by atoms with E-state index in [4.69, 9.17) is 5.26 Å². The summed E-state index contributed by atoms with van der Waals surface area (Å²) < 4.78 is 13.3. The molecule has 0 aliphatic carbocycles. The van der Waals surface area contributed by atoms with E-state index in [-0.39, 0.29) is 11.6 Å². The predicted molar refractivity (Wildman–Crippen MR) is 63.7 cm³/mol. The molecular weight excluding hydrogens is 203 g/mol. The van der Waals surface area contributed by atoms with Gasteiger partial charge >= 0.3 is 0 Å². The summed E-state index contributed by atoms with van der Waals surface area (Å²) in [6.45, 7) is 6.28. The molecule has 86 valence electrons. The third-order valence-corrected chi connectivity index (χ3v) is 2.71. The lowest BCUT2D eigenvalue weighted by molar-refractivity contribution is 0.510. The SMILES string of the molecule is CCC(Nc1cccc(F)c1C#N)C(C)C. The summed E-state index contributed by atoms with van der Waals surface area (Å²) in [6.07, 6.45) is 0.944. The minimum atomic E-state index is -0.467. The van der Waals surface area contributed by atoms with Crippen LogP contribution in [0.5, 0.6) is 0 Å². The molecule has 1 aromatic carbocycles. The molecule has 3 heteroatoms. The number of benzene rings is 1. The van der Waals surface area contributed by atoms with E-state index >= 15 is 0 Å². The van der Waals surface area contributed by atoms with Crippen LogP contribution < -0.4 is 5.32 Å². The normalized spacial score (nSPS) is 12.2. The van der Waals surface area contributed by atoms with Crippen molar-refractivity contribution in [2.45, 2.75) is 33.2 Å².